The summed E-state index contributed by atoms with van der Waals surface area (Å²) in [4.78, 5) is 5.02. The van der Waals surface area contributed by atoms with Crippen LogP contribution in [0.5, 0.6) is 5.75 Å². The van der Waals surface area contributed by atoms with E-state index >= 15 is 0 Å². The fraction of sp³-hybridized carbons (Fsp3) is 0.667. The molecule has 7 nitrogen and oxygen atoms in total. The Morgan fingerprint density at radius 3 is 2.48 bits per heavy atom. The first-order valence-electron chi connectivity index (χ1n) is 10.7. The summed E-state index contributed by atoms with van der Waals surface area (Å²) in [7, 11) is 1.75. The molecule has 0 bridgehead atoms. The lowest BCUT2D eigenvalue weighted by molar-refractivity contribution is -0.00000632. The van der Waals surface area contributed by atoms with E-state index in [2.05, 4.69) is 49.1 Å². The topological polar surface area (TPSA) is 59.3 Å². The molecule has 1 saturated heterocycles. The summed E-state index contributed by atoms with van der Waals surface area (Å²) in [5.41, 5.74) is 1.15. The molecule has 4 rings (SSSR count). The van der Waals surface area contributed by atoms with Gasteiger partial charge in [-0.3, -0.25) is 4.90 Å². The third kappa shape index (κ3) is 4.73. The van der Waals surface area contributed by atoms with Crippen molar-refractivity contribution in [2.24, 2.45) is 0 Å². The monoisotopic (exact) mass is 419 g/mol. The number of ether oxygens (including phenoxy) is 1. The van der Waals surface area contributed by atoms with Crippen LogP contribution >= 0.6 is 0 Å². The van der Waals surface area contributed by atoms with Gasteiger partial charge in [0.05, 0.1) is 13.2 Å². The third-order valence-electron chi connectivity index (χ3n) is 6.34. The number of rotatable bonds is 6. The molecule has 29 heavy (non-hydrogen) atoms. The van der Waals surface area contributed by atoms with Gasteiger partial charge in [0.2, 0.25) is 0 Å². The highest BCUT2D eigenvalue weighted by molar-refractivity contribution is 5.39. The van der Waals surface area contributed by atoms with E-state index in [4.69, 9.17) is 4.74 Å². The Balaban J connectivity index is 0.00000240. The number of aromatic nitrogens is 4. The predicted octanol–water partition coefficient (Wildman–Crippen LogP) is -0.0822. The quantitative estimate of drug-likeness (QED) is 0.652. The molecule has 1 unspecified atom stereocenters. The van der Waals surface area contributed by atoms with Crippen molar-refractivity contribution in [2.45, 2.75) is 51.1 Å². The van der Waals surface area contributed by atoms with Gasteiger partial charge in [0.1, 0.15) is 11.8 Å². The summed E-state index contributed by atoms with van der Waals surface area (Å²) in [5, 5.41) is 13.1. The zero-order chi connectivity index (χ0) is 19.3. The van der Waals surface area contributed by atoms with Crippen molar-refractivity contribution in [3.8, 4) is 5.75 Å². The van der Waals surface area contributed by atoms with Crippen molar-refractivity contribution >= 4 is 0 Å². The van der Waals surface area contributed by atoms with Gasteiger partial charge in [0.15, 0.2) is 5.82 Å². The molecule has 8 heteroatoms. The summed E-state index contributed by atoms with van der Waals surface area (Å²) >= 11 is 0. The van der Waals surface area contributed by atoms with Crippen molar-refractivity contribution in [2.75, 3.05) is 39.8 Å². The number of hydrogen-bond donors (Lipinski definition) is 0. The second kappa shape index (κ2) is 10.4. The predicted molar refractivity (Wildman–Crippen MR) is 108 cm³/mol. The van der Waals surface area contributed by atoms with E-state index in [1.54, 1.807) is 7.11 Å². The largest absolute Gasteiger partial charge is 1.00 e. The van der Waals surface area contributed by atoms with Crippen molar-refractivity contribution < 1.29 is 17.1 Å². The molecule has 160 valence electrons. The van der Waals surface area contributed by atoms with Crippen molar-refractivity contribution in [1.82, 2.24) is 30.0 Å². The van der Waals surface area contributed by atoms with Crippen LogP contribution in [0, 0.1) is 0 Å². The van der Waals surface area contributed by atoms with Gasteiger partial charge in [-0.15, -0.1) is 5.10 Å². The van der Waals surface area contributed by atoms with Crippen LogP contribution in [-0.2, 0) is 0 Å². The van der Waals surface area contributed by atoms with Gasteiger partial charge in [-0.25, -0.2) is 4.68 Å². The van der Waals surface area contributed by atoms with E-state index < -0.39 is 0 Å². The Kier molecular flexibility index (Phi) is 7.86. The first-order valence-corrected chi connectivity index (χ1v) is 10.7. The van der Waals surface area contributed by atoms with E-state index in [0.717, 1.165) is 49.9 Å². The molecular formula is C21H32ClN6O-. The molecule has 1 atom stereocenters. The third-order valence-corrected chi connectivity index (χ3v) is 6.34. The minimum absolute atomic E-state index is 0. The van der Waals surface area contributed by atoms with E-state index in [1.165, 1.54) is 32.1 Å². The minimum Gasteiger partial charge on any atom is -1.00 e. The molecule has 2 fully saturated rings. The van der Waals surface area contributed by atoms with Crippen molar-refractivity contribution in [3.05, 3.63) is 35.7 Å². The second-order valence-electron chi connectivity index (χ2n) is 7.89. The maximum absolute atomic E-state index is 5.73. The van der Waals surface area contributed by atoms with Gasteiger partial charge in [-0.1, -0.05) is 44.4 Å². The zero-order valence-corrected chi connectivity index (χ0v) is 18.3. The summed E-state index contributed by atoms with van der Waals surface area (Å²) in [6.45, 7) is 7.51. The number of likely N-dealkylation sites (N-methyl/N-ethyl adjacent to an activating group) is 1. The lowest BCUT2D eigenvalue weighted by Crippen LogP contribution is -3.00. The van der Waals surface area contributed by atoms with Gasteiger partial charge in [-0.05, 0) is 35.9 Å². The number of nitrogens with zero attached hydrogens (tertiary/aromatic N) is 6. The van der Waals surface area contributed by atoms with Crippen LogP contribution in [0.4, 0.5) is 0 Å². The molecule has 1 aliphatic heterocycles. The number of piperazine rings is 1. The number of tetrazole rings is 1. The molecular weight excluding hydrogens is 388 g/mol. The van der Waals surface area contributed by atoms with Crippen LogP contribution < -0.4 is 17.1 Å². The Morgan fingerprint density at radius 2 is 1.79 bits per heavy atom. The smallest absolute Gasteiger partial charge is 0.173 e. The van der Waals surface area contributed by atoms with Gasteiger partial charge >= 0.3 is 0 Å². The lowest BCUT2D eigenvalue weighted by Gasteiger charge is -2.39. The molecule has 2 aliphatic rings. The summed E-state index contributed by atoms with van der Waals surface area (Å²) in [5.74, 6) is 1.87. The highest BCUT2D eigenvalue weighted by Gasteiger charge is 2.34. The van der Waals surface area contributed by atoms with E-state index in [9.17, 15) is 0 Å². The highest BCUT2D eigenvalue weighted by atomic mass is 35.5. The van der Waals surface area contributed by atoms with Crippen LogP contribution in [0.25, 0.3) is 0 Å². The molecule has 1 aromatic carbocycles. The average Bonchev–Trinajstić information content (AvgIpc) is 3.25. The fourth-order valence-corrected chi connectivity index (χ4v) is 4.70. The van der Waals surface area contributed by atoms with E-state index in [0.29, 0.717) is 6.04 Å². The van der Waals surface area contributed by atoms with Crippen molar-refractivity contribution in [3.63, 3.8) is 0 Å². The first-order chi connectivity index (χ1) is 13.8. The highest BCUT2D eigenvalue weighted by Crippen LogP contribution is 2.37. The molecule has 0 radical (unpaired) electrons. The summed E-state index contributed by atoms with van der Waals surface area (Å²) < 4.78 is 7.84. The lowest BCUT2D eigenvalue weighted by atomic mass is 9.95. The Morgan fingerprint density at radius 1 is 1.07 bits per heavy atom. The van der Waals surface area contributed by atoms with Crippen LogP contribution in [0.15, 0.2) is 24.3 Å². The van der Waals surface area contributed by atoms with Gasteiger partial charge in [-0.2, -0.15) is 0 Å². The fourth-order valence-electron chi connectivity index (χ4n) is 4.70. The normalized spacial score (nSPS) is 20.2. The second-order valence-corrected chi connectivity index (χ2v) is 7.89. The maximum atomic E-state index is 5.73. The molecule has 2 heterocycles. The number of benzene rings is 1. The molecule has 1 aliphatic carbocycles. The summed E-state index contributed by atoms with van der Waals surface area (Å²) in [6, 6.07) is 8.75. The van der Waals surface area contributed by atoms with Crippen molar-refractivity contribution in [1.29, 1.82) is 0 Å². The average molecular weight is 420 g/mol. The first kappa shape index (κ1) is 22.0. The van der Waals surface area contributed by atoms with E-state index in [1.807, 2.05) is 12.1 Å². The van der Waals surface area contributed by atoms with E-state index in [-0.39, 0.29) is 18.4 Å². The van der Waals surface area contributed by atoms with Crippen LogP contribution in [0.1, 0.15) is 62.5 Å². The molecule has 0 N–H and O–H groups in total. The molecule has 1 aromatic heterocycles. The van der Waals surface area contributed by atoms with Crippen LogP contribution in [-0.4, -0.2) is 69.8 Å². The number of hydrogen-bond acceptors (Lipinski definition) is 6. The molecule has 0 spiro atoms. The SMILES string of the molecule is CCN1CCN(C(c2ccccc2OC)c2nnnn2C2CCCCC2)CC1.[Cl-]. The van der Waals surface area contributed by atoms with Gasteiger partial charge in [0.25, 0.3) is 0 Å². The van der Waals surface area contributed by atoms with Crippen LogP contribution in [0.2, 0.25) is 0 Å². The Hall–Kier alpha value is -1.70. The van der Waals surface area contributed by atoms with Crippen LogP contribution in [0.3, 0.4) is 0 Å². The standard InChI is InChI=1S/C21H32N6O.ClH/c1-3-25-13-15-26(16-14-25)20(18-11-7-8-12-19(18)28-2)21-22-23-24-27(21)17-9-5-4-6-10-17;/h7-8,11-12,17,20H,3-6,9-10,13-16H2,1-2H3;1H/p-1. The zero-order valence-electron chi connectivity index (χ0n) is 17.5. The minimum atomic E-state index is 0. The number of halogens is 1. The molecule has 0 amide bonds. The maximum Gasteiger partial charge on any atom is 0.173 e. The Labute approximate surface area is 179 Å². The van der Waals surface area contributed by atoms with Gasteiger partial charge < -0.3 is 22.0 Å². The molecule has 2 aromatic rings. The number of para-hydroxylation sites is 1. The number of methoxy groups -OCH3 is 1. The van der Waals surface area contributed by atoms with Gasteiger partial charge in [0, 0.05) is 31.7 Å². The Bertz CT molecular complexity index is 755. The molecule has 1 saturated carbocycles. The summed E-state index contributed by atoms with van der Waals surface area (Å²) in [6.07, 6.45) is 6.18.